The fraction of sp³-hybridized carbons (Fsp3) is 0.438. The van der Waals surface area contributed by atoms with Gasteiger partial charge in [0.05, 0.1) is 0 Å². The van der Waals surface area contributed by atoms with Gasteiger partial charge in [-0.25, -0.2) is 9.97 Å². The summed E-state index contributed by atoms with van der Waals surface area (Å²) in [4.78, 5) is 15.1. The van der Waals surface area contributed by atoms with Gasteiger partial charge < -0.3 is 9.64 Å². The van der Waals surface area contributed by atoms with Gasteiger partial charge in [-0.1, -0.05) is 6.07 Å². The molecule has 0 aromatic carbocycles. The molecule has 3 rings (SSSR count). The van der Waals surface area contributed by atoms with E-state index < -0.39 is 0 Å². The third kappa shape index (κ3) is 4.23. The Balaban J connectivity index is 1.41. The number of nitrogens with zero attached hydrogens (tertiary/aromatic N) is 4. The summed E-state index contributed by atoms with van der Waals surface area (Å²) in [5, 5.41) is 0. The number of hydrogen-bond donors (Lipinski definition) is 0. The minimum Gasteiger partial charge on any atom is -0.460 e. The van der Waals surface area contributed by atoms with E-state index in [2.05, 4.69) is 25.9 Å². The summed E-state index contributed by atoms with van der Waals surface area (Å²) in [5.74, 6) is 0. The first-order valence-electron chi connectivity index (χ1n) is 7.46. The van der Waals surface area contributed by atoms with E-state index >= 15 is 0 Å². The van der Waals surface area contributed by atoms with E-state index in [0.29, 0.717) is 6.01 Å². The number of rotatable bonds is 5. The molecule has 1 saturated heterocycles. The molecule has 3 heterocycles. The molecule has 0 saturated carbocycles. The van der Waals surface area contributed by atoms with Gasteiger partial charge in [-0.15, -0.1) is 0 Å². The minimum absolute atomic E-state index is 0.235. The first kappa shape index (κ1) is 13.9. The molecule has 0 atom stereocenters. The van der Waals surface area contributed by atoms with Crippen LogP contribution in [-0.4, -0.2) is 45.6 Å². The Morgan fingerprint density at radius 1 is 1.00 bits per heavy atom. The number of aromatic nitrogens is 3. The lowest BCUT2D eigenvalue weighted by molar-refractivity contribution is 0.0932. The highest BCUT2D eigenvalue weighted by molar-refractivity contribution is 5.04. The summed E-state index contributed by atoms with van der Waals surface area (Å²) in [7, 11) is 0. The third-order valence-corrected chi connectivity index (χ3v) is 3.76. The van der Waals surface area contributed by atoms with Crippen LogP contribution in [0.5, 0.6) is 6.01 Å². The molecule has 0 N–H and O–H groups in total. The second-order valence-corrected chi connectivity index (χ2v) is 5.26. The fourth-order valence-corrected chi connectivity index (χ4v) is 2.56. The largest absolute Gasteiger partial charge is 0.460 e. The van der Waals surface area contributed by atoms with Crippen LogP contribution in [0.4, 0.5) is 0 Å². The van der Waals surface area contributed by atoms with Crippen LogP contribution >= 0.6 is 0 Å². The summed E-state index contributed by atoms with van der Waals surface area (Å²) in [5.41, 5.74) is 1.16. The van der Waals surface area contributed by atoms with Gasteiger partial charge in [0.15, 0.2) is 0 Å². The van der Waals surface area contributed by atoms with E-state index in [1.807, 2.05) is 18.3 Å². The molecule has 5 nitrogen and oxygen atoms in total. The van der Waals surface area contributed by atoms with Crippen LogP contribution in [0.2, 0.25) is 0 Å². The highest BCUT2D eigenvalue weighted by Crippen LogP contribution is 2.15. The summed E-state index contributed by atoms with van der Waals surface area (Å²) in [6.07, 6.45) is 8.58. The smallest absolute Gasteiger partial charge is 0.316 e. The molecule has 2 aromatic heterocycles. The van der Waals surface area contributed by atoms with E-state index in [1.54, 1.807) is 18.5 Å². The van der Waals surface area contributed by atoms with Crippen molar-refractivity contribution in [3.8, 4) is 6.01 Å². The van der Waals surface area contributed by atoms with E-state index in [1.165, 1.54) is 0 Å². The standard InChI is InChI=1S/C16H20N4O/c1-2-8-17-14(4-1)5-11-20-12-6-15(7-13-20)21-16-18-9-3-10-19-16/h1-4,8-10,15H,5-7,11-13H2. The van der Waals surface area contributed by atoms with Crippen molar-refractivity contribution in [3.63, 3.8) is 0 Å². The summed E-state index contributed by atoms with van der Waals surface area (Å²) < 4.78 is 5.81. The average Bonchev–Trinajstić information content (AvgIpc) is 2.56. The molecule has 2 aromatic rings. The molecule has 21 heavy (non-hydrogen) atoms. The van der Waals surface area contributed by atoms with Crippen LogP contribution in [0.1, 0.15) is 18.5 Å². The summed E-state index contributed by atoms with van der Waals surface area (Å²) in [6.45, 7) is 3.18. The highest BCUT2D eigenvalue weighted by atomic mass is 16.5. The molecule has 1 fully saturated rings. The summed E-state index contributed by atoms with van der Waals surface area (Å²) >= 11 is 0. The lowest BCUT2D eigenvalue weighted by Gasteiger charge is -2.31. The lowest BCUT2D eigenvalue weighted by atomic mass is 10.1. The van der Waals surface area contributed by atoms with Crippen molar-refractivity contribution in [1.29, 1.82) is 0 Å². The van der Waals surface area contributed by atoms with Gasteiger partial charge in [0.2, 0.25) is 0 Å². The van der Waals surface area contributed by atoms with Crippen molar-refractivity contribution in [2.24, 2.45) is 0 Å². The third-order valence-electron chi connectivity index (χ3n) is 3.76. The molecule has 110 valence electrons. The monoisotopic (exact) mass is 284 g/mol. The first-order valence-corrected chi connectivity index (χ1v) is 7.46. The SMILES string of the molecule is c1ccc(CCN2CCC(Oc3ncccn3)CC2)nc1. The molecule has 0 radical (unpaired) electrons. The molecular weight excluding hydrogens is 264 g/mol. The number of ether oxygens (including phenoxy) is 1. The maximum atomic E-state index is 5.81. The molecular formula is C16H20N4O. The molecule has 0 aliphatic carbocycles. The van der Waals surface area contributed by atoms with Crippen LogP contribution < -0.4 is 4.74 Å². The van der Waals surface area contributed by atoms with Gasteiger partial charge in [-0.3, -0.25) is 4.98 Å². The zero-order valence-corrected chi connectivity index (χ0v) is 12.1. The molecule has 1 aliphatic heterocycles. The second kappa shape index (κ2) is 7.13. The second-order valence-electron chi connectivity index (χ2n) is 5.26. The van der Waals surface area contributed by atoms with E-state index in [0.717, 1.165) is 44.6 Å². The van der Waals surface area contributed by atoms with Crippen molar-refractivity contribution in [2.75, 3.05) is 19.6 Å². The zero-order chi connectivity index (χ0) is 14.3. The Labute approximate surface area is 125 Å². The number of piperidine rings is 1. The van der Waals surface area contributed by atoms with Crippen molar-refractivity contribution in [2.45, 2.75) is 25.4 Å². The van der Waals surface area contributed by atoms with Crippen molar-refractivity contribution in [1.82, 2.24) is 19.9 Å². The summed E-state index contributed by atoms with van der Waals surface area (Å²) in [6, 6.07) is 8.38. The van der Waals surface area contributed by atoms with Gasteiger partial charge >= 0.3 is 6.01 Å². The van der Waals surface area contributed by atoms with Gasteiger partial charge in [-0.05, 0) is 31.0 Å². The number of pyridine rings is 1. The maximum absolute atomic E-state index is 5.81. The molecule has 0 bridgehead atoms. The van der Waals surface area contributed by atoms with E-state index in [-0.39, 0.29) is 6.10 Å². The van der Waals surface area contributed by atoms with Crippen LogP contribution in [0, 0.1) is 0 Å². The Morgan fingerprint density at radius 3 is 2.48 bits per heavy atom. The van der Waals surface area contributed by atoms with Crippen molar-refractivity contribution >= 4 is 0 Å². The Hall–Kier alpha value is -2.01. The maximum Gasteiger partial charge on any atom is 0.316 e. The van der Waals surface area contributed by atoms with Gasteiger partial charge in [0.25, 0.3) is 0 Å². The number of likely N-dealkylation sites (tertiary alicyclic amines) is 1. The van der Waals surface area contributed by atoms with Crippen LogP contribution in [0.15, 0.2) is 42.9 Å². The lowest BCUT2D eigenvalue weighted by Crippen LogP contribution is -2.39. The quantitative estimate of drug-likeness (QED) is 0.840. The van der Waals surface area contributed by atoms with Crippen LogP contribution in [0.25, 0.3) is 0 Å². The fourth-order valence-electron chi connectivity index (χ4n) is 2.56. The van der Waals surface area contributed by atoms with E-state index in [4.69, 9.17) is 4.74 Å². The predicted molar refractivity (Wildman–Crippen MR) is 80.1 cm³/mol. The zero-order valence-electron chi connectivity index (χ0n) is 12.1. The van der Waals surface area contributed by atoms with Crippen LogP contribution in [0.3, 0.4) is 0 Å². The molecule has 1 aliphatic rings. The van der Waals surface area contributed by atoms with Gasteiger partial charge in [0, 0.05) is 50.3 Å². The molecule has 0 amide bonds. The Bertz CT molecular complexity index is 526. The highest BCUT2D eigenvalue weighted by Gasteiger charge is 2.20. The topological polar surface area (TPSA) is 51.1 Å². The Kier molecular flexibility index (Phi) is 4.74. The normalized spacial score (nSPS) is 16.8. The Morgan fingerprint density at radius 2 is 1.76 bits per heavy atom. The average molecular weight is 284 g/mol. The minimum atomic E-state index is 0.235. The van der Waals surface area contributed by atoms with E-state index in [9.17, 15) is 0 Å². The van der Waals surface area contributed by atoms with Crippen molar-refractivity contribution < 1.29 is 4.74 Å². The molecule has 5 heteroatoms. The van der Waals surface area contributed by atoms with Crippen molar-refractivity contribution in [3.05, 3.63) is 48.5 Å². The number of hydrogen-bond acceptors (Lipinski definition) is 5. The first-order chi connectivity index (χ1) is 10.4. The van der Waals surface area contributed by atoms with Crippen LogP contribution in [-0.2, 0) is 6.42 Å². The predicted octanol–water partition coefficient (Wildman–Crippen LogP) is 1.96. The molecule has 0 spiro atoms. The van der Waals surface area contributed by atoms with Gasteiger partial charge in [0.1, 0.15) is 6.10 Å². The molecule has 0 unspecified atom stereocenters. The van der Waals surface area contributed by atoms with Gasteiger partial charge in [-0.2, -0.15) is 0 Å².